The summed E-state index contributed by atoms with van der Waals surface area (Å²) in [7, 11) is 0. The van der Waals surface area contributed by atoms with Crippen LogP contribution in [0.3, 0.4) is 0 Å². The summed E-state index contributed by atoms with van der Waals surface area (Å²) in [5.41, 5.74) is 1.85. The van der Waals surface area contributed by atoms with Crippen molar-refractivity contribution < 1.29 is 9.59 Å². The van der Waals surface area contributed by atoms with Crippen LogP contribution < -0.4 is 21.3 Å². The van der Waals surface area contributed by atoms with Gasteiger partial charge >= 0.3 is 0 Å². The third kappa shape index (κ3) is 7.26. The molecule has 39 heavy (non-hydrogen) atoms. The molecule has 4 heterocycles. The maximum atomic E-state index is 13.0. The van der Waals surface area contributed by atoms with E-state index in [0.29, 0.717) is 46.0 Å². The minimum Gasteiger partial charge on any atom is -0.366 e. The first kappa shape index (κ1) is 26.9. The van der Waals surface area contributed by atoms with Gasteiger partial charge in [0.05, 0.1) is 10.0 Å². The van der Waals surface area contributed by atoms with Crippen LogP contribution in [0.25, 0.3) is 6.08 Å². The Morgan fingerprint density at radius 1 is 0.974 bits per heavy atom. The smallest absolute Gasteiger partial charge is 0.253 e. The first-order valence-electron chi connectivity index (χ1n) is 12.8. The van der Waals surface area contributed by atoms with E-state index in [9.17, 15) is 9.59 Å². The van der Waals surface area contributed by atoms with Crippen molar-refractivity contribution in [3.8, 4) is 0 Å². The molecule has 2 atom stereocenters. The van der Waals surface area contributed by atoms with Crippen molar-refractivity contribution in [3.63, 3.8) is 0 Å². The summed E-state index contributed by atoms with van der Waals surface area (Å²) in [4.78, 5) is 35.9. The van der Waals surface area contributed by atoms with Gasteiger partial charge in [-0.3, -0.25) is 9.59 Å². The third-order valence-corrected chi connectivity index (χ3v) is 7.21. The molecule has 2 amide bonds. The molecule has 0 radical (unpaired) electrons. The first-order valence-corrected chi connectivity index (χ1v) is 13.6. The van der Waals surface area contributed by atoms with E-state index in [2.05, 4.69) is 31.2 Å². The molecule has 11 heteroatoms. The predicted octanol–water partition coefficient (Wildman–Crippen LogP) is 4.54. The van der Waals surface area contributed by atoms with Gasteiger partial charge in [-0.1, -0.05) is 23.2 Å². The van der Waals surface area contributed by atoms with E-state index >= 15 is 0 Å². The number of hydrogen-bond acceptors (Lipinski definition) is 7. The van der Waals surface area contributed by atoms with Crippen LogP contribution in [0.1, 0.15) is 28.8 Å². The first-order chi connectivity index (χ1) is 18.9. The average Bonchev–Trinajstić information content (AvgIpc) is 3.63. The molecule has 0 aliphatic carbocycles. The summed E-state index contributed by atoms with van der Waals surface area (Å²) < 4.78 is 0. The molecular weight excluding hydrogens is 537 g/mol. The van der Waals surface area contributed by atoms with E-state index < -0.39 is 0 Å². The number of carbonyl (C=O) groups is 2. The standard InChI is InChI=1S/C28H29Cl2N7O2/c29-20-4-7-25(32-14-20)35-23-10-12-37(17-23)28(39)18-1-5-21(6-2-18)36-27(38)8-3-19-13-26(33-16-24(19)30)34-22-9-11-31-15-22/h1-8,13-14,16,22-23,31H,9-12,15,17H2,(H,32,35)(H,33,34)(H,36,38)/b8-3-/t22-,23-/m1/s1. The van der Waals surface area contributed by atoms with Crippen molar-refractivity contribution in [2.24, 2.45) is 0 Å². The Hall–Kier alpha value is -3.66. The number of benzene rings is 1. The van der Waals surface area contributed by atoms with E-state index in [1.54, 1.807) is 48.8 Å². The van der Waals surface area contributed by atoms with Crippen LogP contribution >= 0.6 is 23.2 Å². The number of halogens is 2. The minimum atomic E-state index is -0.305. The summed E-state index contributed by atoms with van der Waals surface area (Å²) >= 11 is 12.2. The molecule has 2 aliphatic rings. The highest BCUT2D eigenvalue weighted by Gasteiger charge is 2.27. The molecule has 1 aromatic carbocycles. The van der Waals surface area contributed by atoms with Crippen molar-refractivity contribution in [3.05, 3.63) is 82.1 Å². The predicted molar refractivity (Wildman–Crippen MR) is 155 cm³/mol. The maximum Gasteiger partial charge on any atom is 0.253 e. The molecule has 2 aliphatic heterocycles. The zero-order valence-electron chi connectivity index (χ0n) is 21.2. The second kappa shape index (κ2) is 12.5. The van der Waals surface area contributed by atoms with Crippen molar-refractivity contribution in [1.29, 1.82) is 0 Å². The lowest BCUT2D eigenvalue weighted by molar-refractivity contribution is -0.111. The van der Waals surface area contributed by atoms with Gasteiger partial charge in [-0.2, -0.15) is 0 Å². The highest BCUT2D eigenvalue weighted by Crippen LogP contribution is 2.22. The number of nitrogens with one attached hydrogen (secondary N) is 4. The largest absolute Gasteiger partial charge is 0.366 e. The highest BCUT2D eigenvalue weighted by atomic mass is 35.5. The number of likely N-dealkylation sites (tertiary alicyclic amines) is 1. The lowest BCUT2D eigenvalue weighted by Crippen LogP contribution is -2.31. The lowest BCUT2D eigenvalue weighted by atomic mass is 10.2. The summed E-state index contributed by atoms with van der Waals surface area (Å²) in [5.74, 6) is 1.10. The maximum absolute atomic E-state index is 13.0. The molecule has 4 N–H and O–H groups in total. The normalized spacial score (nSPS) is 18.9. The fourth-order valence-electron chi connectivity index (χ4n) is 4.61. The van der Waals surface area contributed by atoms with Gasteiger partial charge in [-0.15, -0.1) is 0 Å². The Bertz CT molecular complexity index is 1340. The molecule has 9 nitrogen and oxygen atoms in total. The van der Waals surface area contributed by atoms with Gasteiger partial charge in [-0.25, -0.2) is 9.97 Å². The van der Waals surface area contributed by atoms with E-state index in [0.717, 1.165) is 37.6 Å². The second-order valence-electron chi connectivity index (χ2n) is 9.57. The van der Waals surface area contributed by atoms with Crippen LogP contribution in [0.5, 0.6) is 0 Å². The summed E-state index contributed by atoms with van der Waals surface area (Å²) in [6.07, 6.45) is 8.11. The van der Waals surface area contributed by atoms with Crippen LogP contribution in [0.2, 0.25) is 10.0 Å². The van der Waals surface area contributed by atoms with Crippen molar-refractivity contribution in [2.45, 2.75) is 24.9 Å². The molecular formula is C28H29Cl2N7O2. The summed E-state index contributed by atoms with van der Waals surface area (Å²) in [6.45, 7) is 3.10. The minimum absolute atomic E-state index is 0.0498. The van der Waals surface area contributed by atoms with Gasteiger partial charge in [-0.05, 0) is 73.5 Å². The van der Waals surface area contributed by atoms with Gasteiger partial charge in [0.1, 0.15) is 11.6 Å². The number of pyridine rings is 2. The molecule has 2 saturated heterocycles. The SMILES string of the molecule is O=C(/C=C\c1cc(N[C@@H]2CCNC2)ncc1Cl)Nc1ccc(C(=O)N2CC[C@@H](Nc3ccc(Cl)cn3)C2)cc1. The van der Waals surface area contributed by atoms with Crippen molar-refractivity contribution in [2.75, 3.05) is 42.1 Å². The Balaban J connectivity index is 1.13. The number of aromatic nitrogens is 2. The second-order valence-corrected chi connectivity index (χ2v) is 10.4. The number of carbonyl (C=O) groups excluding carboxylic acids is 2. The topological polar surface area (TPSA) is 111 Å². The number of nitrogens with zero attached hydrogens (tertiary/aromatic N) is 3. The molecule has 3 aromatic rings. The fraction of sp³-hybridized carbons (Fsp3) is 0.286. The van der Waals surface area contributed by atoms with Gasteiger partial charge in [0.2, 0.25) is 5.91 Å². The Labute approximate surface area is 237 Å². The van der Waals surface area contributed by atoms with E-state index in [1.807, 2.05) is 17.0 Å². The fourth-order valence-corrected chi connectivity index (χ4v) is 4.89. The molecule has 0 unspecified atom stereocenters. The van der Waals surface area contributed by atoms with Crippen LogP contribution in [-0.2, 0) is 4.79 Å². The molecule has 0 saturated carbocycles. The van der Waals surface area contributed by atoms with Crippen molar-refractivity contribution >= 4 is 58.4 Å². The molecule has 5 rings (SSSR count). The number of anilines is 3. The quantitative estimate of drug-likeness (QED) is 0.297. The van der Waals surface area contributed by atoms with Crippen LogP contribution in [0.4, 0.5) is 17.3 Å². The number of rotatable bonds is 8. The highest BCUT2D eigenvalue weighted by molar-refractivity contribution is 6.32. The number of hydrogen-bond donors (Lipinski definition) is 4. The third-order valence-electron chi connectivity index (χ3n) is 6.67. The molecule has 202 valence electrons. The zero-order valence-corrected chi connectivity index (χ0v) is 22.7. The Morgan fingerprint density at radius 2 is 1.77 bits per heavy atom. The molecule has 2 aromatic heterocycles. The van der Waals surface area contributed by atoms with Crippen LogP contribution in [0, 0.1) is 0 Å². The zero-order chi connectivity index (χ0) is 27.2. The van der Waals surface area contributed by atoms with E-state index in [1.165, 1.54) is 6.08 Å². The monoisotopic (exact) mass is 565 g/mol. The molecule has 0 spiro atoms. The Morgan fingerprint density at radius 3 is 2.51 bits per heavy atom. The lowest BCUT2D eigenvalue weighted by Gasteiger charge is -2.17. The van der Waals surface area contributed by atoms with Crippen LogP contribution in [0.15, 0.2) is 60.9 Å². The van der Waals surface area contributed by atoms with Gasteiger partial charge < -0.3 is 26.2 Å². The van der Waals surface area contributed by atoms with Gasteiger partial charge in [0.25, 0.3) is 5.91 Å². The van der Waals surface area contributed by atoms with Crippen molar-refractivity contribution in [1.82, 2.24) is 20.2 Å². The van der Waals surface area contributed by atoms with E-state index in [-0.39, 0.29) is 17.9 Å². The van der Waals surface area contributed by atoms with Gasteiger partial charge in [0, 0.05) is 61.4 Å². The summed E-state index contributed by atoms with van der Waals surface area (Å²) in [5, 5.41) is 13.9. The van der Waals surface area contributed by atoms with E-state index in [4.69, 9.17) is 23.2 Å². The van der Waals surface area contributed by atoms with Crippen LogP contribution in [-0.4, -0.2) is 64.9 Å². The summed E-state index contributed by atoms with van der Waals surface area (Å²) in [6, 6.07) is 12.8. The average molecular weight is 566 g/mol. The molecule has 0 bridgehead atoms. The molecule has 2 fully saturated rings. The number of amides is 2. The van der Waals surface area contributed by atoms with Gasteiger partial charge in [0.15, 0.2) is 0 Å². The Kier molecular flexibility index (Phi) is 8.61.